The van der Waals surface area contributed by atoms with Crippen LogP contribution in [0, 0.1) is 0 Å². The van der Waals surface area contributed by atoms with Crippen molar-refractivity contribution in [2.75, 3.05) is 27.2 Å². The number of nitrogens with one attached hydrogen (secondary N) is 1. The fraction of sp³-hybridized carbons (Fsp3) is 0.381. The lowest BCUT2D eigenvalue weighted by atomic mass is 10.4. The molecule has 3 rings (SSSR count). The van der Waals surface area contributed by atoms with Gasteiger partial charge in [0.05, 0.1) is 0 Å². The first-order valence-electron chi connectivity index (χ1n) is 9.31. The molecule has 0 aromatic heterocycles. The molecule has 1 fully saturated rings. The summed E-state index contributed by atoms with van der Waals surface area (Å²) in [5.74, 6) is -1.10. The van der Waals surface area contributed by atoms with Crippen LogP contribution in [-0.4, -0.2) is 71.4 Å². The first-order valence-corrected chi connectivity index (χ1v) is 9.31. The van der Waals surface area contributed by atoms with Crippen molar-refractivity contribution in [3.8, 4) is 0 Å². The maximum atomic E-state index is 10.6. The highest BCUT2D eigenvalue weighted by Crippen LogP contribution is 2.11. The first kappa shape index (κ1) is 26.7. The van der Waals surface area contributed by atoms with Crippen molar-refractivity contribution in [3.63, 3.8) is 0 Å². The number of likely N-dealkylation sites (tertiary alicyclic amines) is 1. The summed E-state index contributed by atoms with van der Waals surface area (Å²) in [5, 5.41) is 0.931. The van der Waals surface area contributed by atoms with Gasteiger partial charge in [-0.25, -0.2) is 10.4 Å². The molecule has 9 nitrogen and oxygen atoms in total. The predicted octanol–water partition coefficient (Wildman–Crippen LogP) is 0.964. The number of carbonyl (C=O) groups is 5. The second-order valence-corrected chi connectivity index (χ2v) is 6.38. The smallest absolute Gasteiger partial charge is 0.268 e. The molecular formula is C21H30N4O5. The Morgan fingerprint density at radius 1 is 0.933 bits per heavy atom. The Labute approximate surface area is 177 Å². The van der Waals surface area contributed by atoms with Gasteiger partial charge in [0.2, 0.25) is 0 Å². The van der Waals surface area contributed by atoms with E-state index in [1.165, 1.54) is 83.0 Å². The molecule has 0 spiro atoms. The summed E-state index contributed by atoms with van der Waals surface area (Å²) in [6.07, 6.45) is 8.93. The van der Waals surface area contributed by atoms with Crippen LogP contribution in [0.25, 0.3) is 0 Å². The highest BCUT2D eigenvalue weighted by molar-refractivity contribution is 6.13. The van der Waals surface area contributed by atoms with Gasteiger partial charge in [0.1, 0.15) is 0 Å². The summed E-state index contributed by atoms with van der Waals surface area (Å²) in [6.45, 7) is 13.1. The van der Waals surface area contributed by atoms with Crippen molar-refractivity contribution in [1.29, 1.82) is 0 Å². The molecule has 0 aromatic carbocycles. The standard InChI is InChI=1S/C7H13N.C5H6N2O2.C5H5NO2.C4H6O/c1-7(2)8-5-3-4-6-8;1-6-7-4(8)2-3-5(7)9;1-6-4(7)2-3-5(6)8;1-3-4(2)5/h1,3-6H2,2H3;2-3,6H,1H3;2-3H,1H3;3H,1H2,2H3. The van der Waals surface area contributed by atoms with Crippen LogP contribution in [-0.2, 0) is 24.0 Å². The molecule has 0 aromatic rings. The summed E-state index contributed by atoms with van der Waals surface area (Å²) in [7, 11) is 2.97. The molecular weight excluding hydrogens is 388 g/mol. The summed E-state index contributed by atoms with van der Waals surface area (Å²) in [4.78, 5) is 55.0. The van der Waals surface area contributed by atoms with Crippen molar-refractivity contribution in [2.24, 2.45) is 0 Å². The minimum Gasteiger partial charge on any atom is -0.376 e. The predicted molar refractivity (Wildman–Crippen MR) is 113 cm³/mol. The third-order valence-corrected chi connectivity index (χ3v) is 4.00. The third-order valence-electron chi connectivity index (χ3n) is 4.00. The van der Waals surface area contributed by atoms with Crippen LogP contribution in [0.3, 0.4) is 0 Å². The zero-order valence-corrected chi connectivity index (χ0v) is 18.0. The molecule has 3 heterocycles. The van der Waals surface area contributed by atoms with E-state index in [-0.39, 0.29) is 29.4 Å². The van der Waals surface area contributed by atoms with Gasteiger partial charge in [-0.15, -0.1) is 0 Å². The van der Waals surface area contributed by atoms with Gasteiger partial charge < -0.3 is 4.90 Å². The molecule has 30 heavy (non-hydrogen) atoms. The SMILES string of the molecule is C=C(C)N1CCCC1.C=CC(C)=O.CN1C(=O)C=CC1=O.CNN1C(=O)C=CC1=O. The zero-order valence-electron chi connectivity index (χ0n) is 18.0. The molecule has 0 radical (unpaired) electrons. The number of hydrogen-bond donors (Lipinski definition) is 1. The molecule has 0 atom stereocenters. The molecule has 4 amide bonds. The summed E-state index contributed by atoms with van der Waals surface area (Å²) < 4.78 is 0. The molecule has 9 heteroatoms. The van der Waals surface area contributed by atoms with Gasteiger partial charge in [-0.05, 0) is 32.8 Å². The summed E-state index contributed by atoms with van der Waals surface area (Å²) in [6, 6.07) is 0. The number of rotatable bonds is 3. The summed E-state index contributed by atoms with van der Waals surface area (Å²) >= 11 is 0. The number of imide groups is 2. The second kappa shape index (κ2) is 13.8. The molecule has 1 N–H and O–H groups in total. The largest absolute Gasteiger partial charge is 0.376 e. The third kappa shape index (κ3) is 9.74. The van der Waals surface area contributed by atoms with Gasteiger partial charge in [0, 0.05) is 57.2 Å². The van der Waals surface area contributed by atoms with E-state index in [0.717, 1.165) is 9.91 Å². The number of hydrazine groups is 1. The molecule has 3 aliphatic heterocycles. The Morgan fingerprint density at radius 3 is 1.47 bits per heavy atom. The Kier molecular flexibility index (Phi) is 12.3. The number of carbonyl (C=O) groups excluding carboxylic acids is 5. The molecule has 0 unspecified atom stereocenters. The van der Waals surface area contributed by atoms with Crippen LogP contribution in [0.2, 0.25) is 0 Å². The molecule has 0 aliphatic carbocycles. The first-order chi connectivity index (χ1) is 14.0. The fourth-order valence-corrected chi connectivity index (χ4v) is 2.19. The monoisotopic (exact) mass is 418 g/mol. The highest BCUT2D eigenvalue weighted by Gasteiger charge is 2.21. The van der Waals surface area contributed by atoms with Crippen molar-refractivity contribution < 1.29 is 24.0 Å². The van der Waals surface area contributed by atoms with Crippen molar-refractivity contribution >= 4 is 29.4 Å². The summed E-state index contributed by atoms with van der Waals surface area (Å²) in [5.41, 5.74) is 3.66. The van der Waals surface area contributed by atoms with Gasteiger partial charge in [0.25, 0.3) is 23.6 Å². The lowest BCUT2D eigenvalue weighted by Gasteiger charge is -2.15. The van der Waals surface area contributed by atoms with Gasteiger partial charge >= 0.3 is 0 Å². The van der Waals surface area contributed by atoms with Gasteiger partial charge in [-0.3, -0.25) is 28.9 Å². The molecule has 0 saturated carbocycles. The number of ketones is 1. The topological polar surface area (TPSA) is 107 Å². The van der Waals surface area contributed by atoms with Gasteiger partial charge in [-0.2, -0.15) is 0 Å². The van der Waals surface area contributed by atoms with Crippen LogP contribution in [0.15, 0.2) is 49.2 Å². The number of amides is 4. The van der Waals surface area contributed by atoms with E-state index in [9.17, 15) is 24.0 Å². The molecule has 1 saturated heterocycles. The lowest BCUT2D eigenvalue weighted by Crippen LogP contribution is -2.39. The maximum absolute atomic E-state index is 10.6. The van der Waals surface area contributed by atoms with Crippen LogP contribution in [0.5, 0.6) is 0 Å². The van der Waals surface area contributed by atoms with Gasteiger partial charge in [-0.1, -0.05) is 13.2 Å². The molecule has 3 aliphatic rings. The Balaban J connectivity index is 0.000000382. The minimum atomic E-state index is -0.317. The average molecular weight is 418 g/mol. The van der Waals surface area contributed by atoms with E-state index in [1.54, 1.807) is 0 Å². The average Bonchev–Trinajstić information content (AvgIpc) is 3.42. The lowest BCUT2D eigenvalue weighted by molar-refractivity contribution is -0.140. The number of likely N-dealkylation sites (N-methyl/N-ethyl adjacent to an activating group) is 1. The number of hydrogen-bond acceptors (Lipinski definition) is 7. The Bertz CT molecular complexity index is 712. The van der Waals surface area contributed by atoms with E-state index in [0.29, 0.717) is 0 Å². The maximum Gasteiger partial charge on any atom is 0.268 e. The van der Waals surface area contributed by atoms with E-state index < -0.39 is 0 Å². The minimum absolute atomic E-state index is 0.0185. The van der Waals surface area contributed by atoms with Crippen LogP contribution >= 0.6 is 0 Å². The number of nitrogens with zero attached hydrogens (tertiary/aromatic N) is 3. The zero-order chi connectivity index (χ0) is 23.3. The van der Waals surface area contributed by atoms with E-state index in [4.69, 9.17) is 0 Å². The van der Waals surface area contributed by atoms with E-state index in [1.807, 2.05) is 0 Å². The van der Waals surface area contributed by atoms with E-state index in [2.05, 4.69) is 30.4 Å². The highest BCUT2D eigenvalue weighted by atomic mass is 16.2. The fourth-order valence-electron chi connectivity index (χ4n) is 2.19. The molecule has 0 bridgehead atoms. The van der Waals surface area contributed by atoms with Crippen LogP contribution in [0.4, 0.5) is 0 Å². The van der Waals surface area contributed by atoms with Crippen LogP contribution in [0.1, 0.15) is 26.7 Å². The van der Waals surface area contributed by atoms with Gasteiger partial charge in [0.15, 0.2) is 5.78 Å². The quantitative estimate of drug-likeness (QED) is 0.537. The Morgan fingerprint density at radius 2 is 1.30 bits per heavy atom. The second-order valence-electron chi connectivity index (χ2n) is 6.38. The van der Waals surface area contributed by atoms with E-state index >= 15 is 0 Å². The van der Waals surface area contributed by atoms with Crippen molar-refractivity contribution in [3.05, 3.63) is 49.2 Å². The number of allylic oxidation sites excluding steroid dienone is 2. The van der Waals surface area contributed by atoms with Crippen molar-refractivity contribution in [2.45, 2.75) is 26.7 Å². The normalized spacial score (nSPS) is 16.5. The molecule has 164 valence electrons. The van der Waals surface area contributed by atoms with Crippen LogP contribution < -0.4 is 5.43 Å². The Hall–Kier alpha value is -3.33. The van der Waals surface area contributed by atoms with Crippen molar-refractivity contribution in [1.82, 2.24) is 20.2 Å².